The van der Waals surface area contributed by atoms with E-state index >= 15 is 0 Å². The van der Waals surface area contributed by atoms with E-state index in [1.807, 2.05) is 31.2 Å². The Bertz CT molecular complexity index is 982. The van der Waals surface area contributed by atoms with Crippen LogP contribution >= 0.6 is 11.8 Å². The van der Waals surface area contributed by atoms with Crippen molar-refractivity contribution in [3.63, 3.8) is 0 Å². The number of anilines is 1. The van der Waals surface area contributed by atoms with Gasteiger partial charge < -0.3 is 14.5 Å². The molecule has 29 heavy (non-hydrogen) atoms. The summed E-state index contributed by atoms with van der Waals surface area (Å²) >= 11 is 1.15. The normalized spacial score (nSPS) is 10.8. The second kappa shape index (κ2) is 9.38. The zero-order valence-corrected chi connectivity index (χ0v) is 17.2. The molecule has 0 aliphatic rings. The van der Waals surface area contributed by atoms with Gasteiger partial charge in [-0.2, -0.15) is 0 Å². The number of aromatic nitrogens is 2. The van der Waals surface area contributed by atoms with E-state index in [4.69, 9.17) is 9.15 Å². The minimum atomic E-state index is -0.394. The van der Waals surface area contributed by atoms with E-state index < -0.39 is 5.97 Å². The molecule has 0 fully saturated rings. The van der Waals surface area contributed by atoms with Crippen LogP contribution in [0.1, 0.15) is 29.8 Å². The first-order valence-electron chi connectivity index (χ1n) is 9.05. The van der Waals surface area contributed by atoms with Gasteiger partial charge in [-0.05, 0) is 57.2 Å². The Balaban J connectivity index is 1.51. The van der Waals surface area contributed by atoms with Crippen LogP contribution in [0.2, 0.25) is 0 Å². The fourth-order valence-electron chi connectivity index (χ4n) is 2.38. The van der Waals surface area contributed by atoms with Gasteiger partial charge in [0.1, 0.15) is 0 Å². The predicted molar refractivity (Wildman–Crippen MR) is 111 cm³/mol. The highest BCUT2D eigenvalue weighted by Gasteiger charge is 2.12. The summed E-state index contributed by atoms with van der Waals surface area (Å²) in [5.41, 5.74) is 2.99. The van der Waals surface area contributed by atoms with Gasteiger partial charge in [0.2, 0.25) is 11.8 Å². The molecule has 0 aliphatic heterocycles. The van der Waals surface area contributed by atoms with E-state index in [9.17, 15) is 9.59 Å². The number of carbonyl (C=O) groups is 2. The molecular weight excluding hydrogens is 390 g/mol. The number of nitrogens with zero attached hydrogens (tertiary/aromatic N) is 2. The molecule has 1 amide bonds. The molecule has 0 spiro atoms. The summed E-state index contributed by atoms with van der Waals surface area (Å²) < 4.78 is 10.7. The van der Waals surface area contributed by atoms with E-state index in [0.29, 0.717) is 22.4 Å². The molecule has 0 unspecified atom stereocenters. The third-order valence-electron chi connectivity index (χ3n) is 3.78. The van der Waals surface area contributed by atoms with Crippen molar-refractivity contribution in [1.82, 2.24) is 10.2 Å². The summed E-state index contributed by atoms with van der Waals surface area (Å²) in [4.78, 5) is 24.0. The molecule has 8 heteroatoms. The van der Waals surface area contributed by atoms with Gasteiger partial charge in [-0.15, -0.1) is 10.2 Å². The van der Waals surface area contributed by atoms with Crippen LogP contribution in [-0.4, -0.2) is 33.9 Å². The molecule has 0 saturated carbocycles. The highest BCUT2D eigenvalue weighted by atomic mass is 32.2. The van der Waals surface area contributed by atoms with Gasteiger partial charge in [-0.25, -0.2) is 4.79 Å². The third kappa shape index (κ3) is 5.92. The van der Waals surface area contributed by atoms with Crippen LogP contribution in [0.15, 0.2) is 58.2 Å². The monoisotopic (exact) mass is 411 g/mol. The number of aryl methyl sites for hydroxylation is 1. The first-order valence-corrected chi connectivity index (χ1v) is 10.0. The van der Waals surface area contributed by atoms with Crippen molar-refractivity contribution in [2.75, 3.05) is 11.1 Å². The number of carbonyl (C=O) groups excluding carboxylic acids is 2. The molecule has 0 atom stereocenters. The van der Waals surface area contributed by atoms with Crippen molar-refractivity contribution >= 4 is 29.3 Å². The number of ether oxygens (including phenoxy) is 1. The molecule has 0 bridgehead atoms. The third-order valence-corrected chi connectivity index (χ3v) is 4.60. The van der Waals surface area contributed by atoms with Gasteiger partial charge in [0, 0.05) is 11.3 Å². The van der Waals surface area contributed by atoms with E-state index in [1.54, 1.807) is 38.1 Å². The number of rotatable bonds is 7. The Hall–Kier alpha value is -3.13. The smallest absolute Gasteiger partial charge is 0.338 e. The molecule has 1 aromatic heterocycles. The molecule has 2 aromatic carbocycles. The average molecular weight is 411 g/mol. The van der Waals surface area contributed by atoms with Crippen LogP contribution < -0.4 is 5.32 Å². The number of amides is 1. The lowest BCUT2D eigenvalue weighted by molar-refractivity contribution is -0.113. The van der Waals surface area contributed by atoms with Gasteiger partial charge in [-0.3, -0.25) is 4.79 Å². The fraction of sp³-hybridized carbons (Fsp3) is 0.238. The number of benzene rings is 2. The minimum absolute atomic E-state index is 0.118. The van der Waals surface area contributed by atoms with Crippen LogP contribution in [-0.2, 0) is 9.53 Å². The van der Waals surface area contributed by atoms with Gasteiger partial charge in [0.15, 0.2) is 0 Å². The van der Waals surface area contributed by atoms with Crippen molar-refractivity contribution in [2.24, 2.45) is 0 Å². The molecule has 150 valence electrons. The molecule has 3 rings (SSSR count). The van der Waals surface area contributed by atoms with E-state index in [1.165, 1.54) is 0 Å². The zero-order chi connectivity index (χ0) is 20.8. The highest BCUT2D eigenvalue weighted by Crippen LogP contribution is 2.23. The summed E-state index contributed by atoms with van der Waals surface area (Å²) in [6, 6.07) is 14.3. The maximum absolute atomic E-state index is 12.2. The molecule has 7 nitrogen and oxygen atoms in total. The predicted octanol–water partition coefficient (Wildman–Crippen LogP) is 4.34. The van der Waals surface area contributed by atoms with Gasteiger partial charge >= 0.3 is 5.97 Å². The molecule has 3 aromatic rings. The zero-order valence-electron chi connectivity index (χ0n) is 16.3. The summed E-state index contributed by atoms with van der Waals surface area (Å²) in [6.07, 6.45) is -0.185. The standard InChI is InChI=1S/C21H21N3O4S/c1-13(2)27-20(26)16-8-10-17(11-9-16)22-18(25)12-29-21-24-23-19(28-21)15-6-4-14(3)5-7-15/h4-11,13H,12H2,1-3H3,(H,22,25). The first kappa shape index (κ1) is 20.6. The fourth-order valence-corrected chi connectivity index (χ4v) is 2.94. The maximum atomic E-state index is 12.2. The average Bonchev–Trinajstić information content (AvgIpc) is 3.16. The van der Waals surface area contributed by atoms with Crippen LogP contribution in [0.5, 0.6) is 0 Å². The first-order chi connectivity index (χ1) is 13.9. The van der Waals surface area contributed by atoms with Crippen LogP contribution in [0.3, 0.4) is 0 Å². The number of thioether (sulfide) groups is 1. The van der Waals surface area contributed by atoms with Crippen LogP contribution in [0.4, 0.5) is 5.69 Å². The molecule has 0 saturated heterocycles. The van der Waals surface area contributed by atoms with E-state index in [0.717, 1.165) is 22.9 Å². The quantitative estimate of drug-likeness (QED) is 0.456. The Morgan fingerprint density at radius 2 is 1.76 bits per heavy atom. The summed E-state index contributed by atoms with van der Waals surface area (Å²) in [5.74, 6) is -0.0827. The Labute approximate surface area is 172 Å². The van der Waals surface area contributed by atoms with Crippen molar-refractivity contribution in [3.8, 4) is 11.5 Å². The highest BCUT2D eigenvalue weighted by molar-refractivity contribution is 7.99. The number of esters is 1. The maximum Gasteiger partial charge on any atom is 0.338 e. The van der Waals surface area contributed by atoms with Gasteiger partial charge in [0.25, 0.3) is 5.22 Å². The van der Waals surface area contributed by atoms with Crippen LogP contribution in [0, 0.1) is 6.92 Å². The van der Waals surface area contributed by atoms with E-state index in [2.05, 4.69) is 15.5 Å². The number of hydrogen-bond acceptors (Lipinski definition) is 7. The summed E-state index contributed by atoms with van der Waals surface area (Å²) in [6.45, 7) is 5.58. The molecular formula is C21H21N3O4S. The molecule has 0 radical (unpaired) electrons. The van der Waals surface area contributed by atoms with Gasteiger partial charge in [0.05, 0.1) is 17.4 Å². The lowest BCUT2D eigenvalue weighted by atomic mass is 10.1. The molecule has 1 N–H and O–H groups in total. The van der Waals surface area contributed by atoms with Crippen molar-refractivity contribution < 1.29 is 18.7 Å². The van der Waals surface area contributed by atoms with E-state index in [-0.39, 0.29) is 17.8 Å². The molecule has 1 heterocycles. The number of hydrogen-bond donors (Lipinski definition) is 1. The van der Waals surface area contributed by atoms with Gasteiger partial charge in [-0.1, -0.05) is 29.5 Å². The van der Waals surface area contributed by atoms with Crippen molar-refractivity contribution in [2.45, 2.75) is 32.1 Å². The van der Waals surface area contributed by atoms with Crippen LogP contribution in [0.25, 0.3) is 11.5 Å². The van der Waals surface area contributed by atoms with Crippen molar-refractivity contribution in [3.05, 3.63) is 59.7 Å². The lowest BCUT2D eigenvalue weighted by Crippen LogP contribution is -2.14. The Morgan fingerprint density at radius 3 is 2.41 bits per heavy atom. The molecule has 0 aliphatic carbocycles. The number of nitrogens with one attached hydrogen (secondary N) is 1. The summed E-state index contributed by atoms with van der Waals surface area (Å²) in [5, 5.41) is 11.1. The topological polar surface area (TPSA) is 94.3 Å². The second-order valence-corrected chi connectivity index (χ2v) is 7.53. The van der Waals surface area contributed by atoms with Crippen molar-refractivity contribution in [1.29, 1.82) is 0 Å². The Kier molecular flexibility index (Phi) is 6.66. The SMILES string of the molecule is Cc1ccc(-c2nnc(SCC(=O)Nc3ccc(C(=O)OC(C)C)cc3)o2)cc1. The summed E-state index contributed by atoms with van der Waals surface area (Å²) in [7, 11) is 0. The minimum Gasteiger partial charge on any atom is -0.459 e. The second-order valence-electron chi connectivity index (χ2n) is 6.61. The Morgan fingerprint density at radius 1 is 1.07 bits per heavy atom. The lowest BCUT2D eigenvalue weighted by Gasteiger charge is -2.08. The largest absolute Gasteiger partial charge is 0.459 e.